The van der Waals surface area contributed by atoms with Gasteiger partial charge in [0.05, 0.1) is 4.90 Å². The van der Waals surface area contributed by atoms with Gasteiger partial charge in [-0.1, -0.05) is 19.4 Å². The molecule has 7 nitrogen and oxygen atoms in total. The van der Waals surface area contributed by atoms with Crippen LogP contribution in [-0.2, 0) is 14.8 Å². The smallest absolute Gasteiger partial charge is 0.323 e. The zero-order valence-electron chi connectivity index (χ0n) is 16.1. The summed E-state index contributed by atoms with van der Waals surface area (Å²) in [7, 11) is -3.68. The van der Waals surface area contributed by atoms with E-state index in [1.54, 1.807) is 26.0 Å². The van der Waals surface area contributed by atoms with Crippen molar-refractivity contribution in [3.05, 3.63) is 29.3 Å². The van der Waals surface area contributed by atoms with Gasteiger partial charge in [-0.25, -0.2) is 8.42 Å². The van der Waals surface area contributed by atoms with Crippen molar-refractivity contribution in [1.82, 2.24) is 9.21 Å². The number of hydrogen-bond donors (Lipinski definition) is 1. The molecule has 0 radical (unpaired) electrons. The van der Waals surface area contributed by atoms with E-state index in [-0.39, 0.29) is 16.5 Å². The molecule has 1 aliphatic rings. The van der Waals surface area contributed by atoms with Crippen LogP contribution in [0.4, 0.5) is 0 Å². The normalized spacial score (nSPS) is 16.7. The Morgan fingerprint density at radius 2 is 1.85 bits per heavy atom. The van der Waals surface area contributed by atoms with E-state index >= 15 is 0 Å². The number of amides is 1. The Kier molecular flexibility index (Phi) is 7.00. The summed E-state index contributed by atoms with van der Waals surface area (Å²) in [5, 5.41) is 9.13. The summed E-state index contributed by atoms with van der Waals surface area (Å²) in [6.07, 6.45) is 3.28. The molecule has 0 aromatic heterocycles. The predicted octanol–water partition coefficient (Wildman–Crippen LogP) is 2.49. The maximum atomic E-state index is 13.0. The van der Waals surface area contributed by atoms with Crippen LogP contribution < -0.4 is 0 Å². The standard InChI is InChI=1S/C19H28N2O5S/c1-4-15(3)21(13-18(22)23)19(24)16-9-8-14(2)17(12-16)27(25,26)20-10-6-5-7-11-20/h8-9,12,15H,4-7,10-11,13H2,1-3H3,(H,22,23). The molecule has 1 aromatic rings. The second kappa shape index (κ2) is 8.84. The van der Waals surface area contributed by atoms with Gasteiger partial charge in [-0.05, 0) is 50.8 Å². The highest BCUT2D eigenvalue weighted by Gasteiger charge is 2.29. The number of carbonyl (C=O) groups is 2. The van der Waals surface area contributed by atoms with E-state index in [1.807, 2.05) is 6.92 Å². The van der Waals surface area contributed by atoms with Gasteiger partial charge < -0.3 is 10.0 Å². The minimum absolute atomic E-state index is 0.120. The Morgan fingerprint density at radius 1 is 1.22 bits per heavy atom. The number of carbonyl (C=O) groups excluding carboxylic acids is 1. The van der Waals surface area contributed by atoms with Crippen LogP contribution in [0, 0.1) is 6.92 Å². The SMILES string of the molecule is CCC(C)N(CC(=O)O)C(=O)c1ccc(C)c(S(=O)(=O)N2CCCCC2)c1. The lowest BCUT2D eigenvalue weighted by Gasteiger charge is -2.28. The molecule has 0 spiro atoms. The minimum atomic E-state index is -3.68. The van der Waals surface area contributed by atoms with Crippen LogP contribution in [0.3, 0.4) is 0 Å². The van der Waals surface area contributed by atoms with E-state index in [4.69, 9.17) is 5.11 Å². The Labute approximate surface area is 161 Å². The molecule has 27 heavy (non-hydrogen) atoms. The number of carboxylic acid groups (broad SMARTS) is 1. The minimum Gasteiger partial charge on any atom is -0.480 e. The highest BCUT2D eigenvalue weighted by Crippen LogP contribution is 2.25. The van der Waals surface area contributed by atoms with Gasteiger partial charge in [0.1, 0.15) is 6.54 Å². The van der Waals surface area contributed by atoms with E-state index < -0.39 is 28.4 Å². The van der Waals surface area contributed by atoms with Gasteiger partial charge in [0.15, 0.2) is 0 Å². The number of piperidine rings is 1. The molecule has 8 heteroatoms. The fourth-order valence-corrected chi connectivity index (χ4v) is 4.98. The molecule has 1 atom stereocenters. The van der Waals surface area contributed by atoms with E-state index in [1.165, 1.54) is 15.3 Å². The summed E-state index contributed by atoms with van der Waals surface area (Å²) < 4.78 is 27.5. The molecule has 1 aromatic carbocycles. The lowest BCUT2D eigenvalue weighted by molar-refractivity contribution is -0.138. The molecule has 150 valence electrons. The van der Waals surface area contributed by atoms with Crippen molar-refractivity contribution < 1.29 is 23.1 Å². The number of aryl methyl sites for hydroxylation is 1. The second-order valence-corrected chi connectivity index (χ2v) is 8.94. The van der Waals surface area contributed by atoms with E-state index in [0.717, 1.165) is 19.3 Å². The topological polar surface area (TPSA) is 95.0 Å². The van der Waals surface area contributed by atoms with Gasteiger partial charge >= 0.3 is 5.97 Å². The lowest BCUT2D eigenvalue weighted by Crippen LogP contribution is -2.42. The fraction of sp³-hybridized carbons (Fsp3) is 0.579. The van der Waals surface area contributed by atoms with Crippen LogP contribution in [0.1, 0.15) is 55.5 Å². The summed E-state index contributed by atoms with van der Waals surface area (Å²) in [5.74, 6) is -1.57. The predicted molar refractivity (Wildman–Crippen MR) is 102 cm³/mol. The first kappa shape index (κ1) is 21.4. The average molecular weight is 397 g/mol. The third-order valence-electron chi connectivity index (χ3n) is 5.06. The van der Waals surface area contributed by atoms with Crippen molar-refractivity contribution in [2.75, 3.05) is 19.6 Å². The van der Waals surface area contributed by atoms with E-state index in [2.05, 4.69) is 0 Å². The van der Waals surface area contributed by atoms with Crippen molar-refractivity contribution in [2.45, 2.75) is 57.4 Å². The van der Waals surface area contributed by atoms with E-state index in [9.17, 15) is 18.0 Å². The first-order chi connectivity index (χ1) is 12.7. The molecule has 1 N–H and O–H groups in total. The zero-order chi connectivity index (χ0) is 20.2. The number of aliphatic carboxylic acids is 1. The average Bonchev–Trinajstić information content (AvgIpc) is 2.65. The Bertz CT molecular complexity index is 800. The Balaban J connectivity index is 2.40. The quantitative estimate of drug-likeness (QED) is 0.764. The van der Waals surface area contributed by atoms with Crippen LogP contribution in [0.5, 0.6) is 0 Å². The third-order valence-corrected chi connectivity index (χ3v) is 7.10. The monoisotopic (exact) mass is 396 g/mol. The summed E-state index contributed by atoms with van der Waals surface area (Å²) in [6.45, 7) is 5.90. The number of sulfonamides is 1. The lowest BCUT2D eigenvalue weighted by atomic mass is 10.1. The summed E-state index contributed by atoms with van der Waals surface area (Å²) in [5.41, 5.74) is 0.767. The highest BCUT2D eigenvalue weighted by atomic mass is 32.2. The molecule has 0 aliphatic carbocycles. The Hall–Kier alpha value is -1.93. The van der Waals surface area contributed by atoms with Crippen molar-refractivity contribution in [2.24, 2.45) is 0 Å². The molecule has 1 aliphatic heterocycles. The molecule has 0 saturated carbocycles. The third kappa shape index (κ3) is 4.87. The van der Waals surface area contributed by atoms with Gasteiger partial charge in [-0.15, -0.1) is 0 Å². The first-order valence-corrected chi connectivity index (χ1v) is 10.8. The zero-order valence-corrected chi connectivity index (χ0v) is 17.0. The molecule has 1 amide bonds. The molecular formula is C19H28N2O5S. The molecule has 0 bridgehead atoms. The van der Waals surface area contributed by atoms with E-state index in [0.29, 0.717) is 25.1 Å². The second-order valence-electron chi connectivity index (χ2n) is 7.03. The fourth-order valence-electron chi connectivity index (χ4n) is 3.22. The number of nitrogens with zero attached hydrogens (tertiary/aromatic N) is 2. The van der Waals surface area contributed by atoms with Crippen molar-refractivity contribution in [3.63, 3.8) is 0 Å². The van der Waals surface area contributed by atoms with Gasteiger partial charge in [-0.3, -0.25) is 9.59 Å². The van der Waals surface area contributed by atoms with Crippen LogP contribution in [0.2, 0.25) is 0 Å². The summed E-state index contributed by atoms with van der Waals surface area (Å²) in [6, 6.07) is 4.29. The van der Waals surface area contributed by atoms with Gasteiger partial charge in [0.2, 0.25) is 10.0 Å². The molecule has 2 rings (SSSR count). The Morgan fingerprint density at radius 3 is 2.41 bits per heavy atom. The summed E-state index contributed by atoms with van der Waals surface area (Å²) in [4.78, 5) is 25.4. The summed E-state index contributed by atoms with van der Waals surface area (Å²) >= 11 is 0. The molecule has 1 heterocycles. The maximum absolute atomic E-state index is 13.0. The molecule has 1 fully saturated rings. The van der Waals surface area contributed by atoms with Crippen LogP contribution in [0.15, 0.2) is 23.1 Å². The number of carboxylic acids is 1. The van der Waals surface area contributed by atoms with Gasteiger partial charge in [-0.2, -0.15) is 4.31 Å². The largest absolute Gasteiger partial charge is 0.480 e. The van der Waals surface area contributed by atoms with Crippen molar-refractivity contribution in [3.8, 4) is 0 Å². The number of hydrogen-bond acceptors (Lipinski definition) is 4. The van der Waals surface area contributed by atoms with Crippen molar-refractivity contribution >= 4 is 21.9 Å². The first-order valence-electron chi connectivity index (χ1n) is 9.32. The van der Waals surface area contributed by atoms with Crippen LogP contribution in [0.25, 0.3) is 0 Å². The van der Waals surface area contributed by atoms with Crippen LogP contribution in [-0.4, -0.2) is 60.3 Å². The van der Waals surface area contributed by atoms with Crippen LogP contribution >= 0.6 is 0 Å². The van der Waals surface area contributed by atoms with Crippen molar-refractivity contribution in [1.29, 1.82) is 0 Å². The highest BCUT2D eigenvalue weighted by molar-refractivity contribution is 7.89. The van der Waals surface area contributed by atoms with Gasteiger partial charge in [0.25, 0.3) is 5.91 Å². The molecule has 1 saturated heterocycles. The van der Waals surface area contributed by atoms with Gasteiger partial charge in [0, 0.05) is 24.7 Å². The molecular weight excluding hydrogens is 368 g/mol. The number of benzene rings is 1. The molecule has 1 unspecified atom stereocenters. The number of rotatable bonds is 7. The maximum Gasteiger partial charge on any atom is 0.323 e.